The SMILES string of the molecule is CCc1oc(C(=O)NC(C)Cc2cccc(OC)c2)cc1C(=O)O. The number of carbonyl (C=O) groups is 2. The molecular formula is C18H21NO5. The number of carboxylic acid groups (broad SMARTS) is 1. The van der Waals surface area contributed by atoms with Crippen molar-refractivity contribution >= 4 is 11.9 Å². The van der Waals surface area contributed by atoms with Crippen molar-refractivity contribution in [3.05, 3.63) is 53.0 Å². The molecule has 1 heterocycles. The van der Waals surface area contributed by atoms with Gasteiger partial charge in [0.1, 0.15) is 17.1 Å². The summed E-state index contributed by atoms with van der Waals surface area (Å²) in [5.41, 5.74) is 1.06. The Morgan fingerprint density at radius 2 is 2.08 bits per heavy atom. The maximum atomic E-state index is 12.3. The zero-order valence-electron chi connectivity index (χ0n) is 14.0. The van der Waals surface area contributed by atoms with E-state index in [4.69, 9.17) is 14.3 Å². The Bertz CT molecular complexity index is 735. The minimum absolute atomic E-state index is 0.0155. The van der Waals surface area contributed by atoms with Gasteiger partial charge in [0.25, 0.3) is 5.91 Å². The highest BCUT2D eigenvalue weighted by molar-refractivity contribution is 5.96. The normalized spacial score (nSPS) is 11.8. The van der Waals surface area contributed by atoms with Crippen LogP contribution in [0.2, 0.25) is 0 Å². The van der Waals surface area contributed by atoms with Gasteiger partial charge in [0.05, 0.1) is 7.11 Å². The van der Waals surface area contributed by atoms with Crippen LogP contribution in [0.15, 0.2) is 34.7 Å². The van der Waals surface area contributed by atoms with E-state index in [1.165, 1.54) is 6.07 Å². The molecule has 24 heavy (non-hydrogen) atoms. The van der Waals surface area contributed by atoms with Crippen molar-refractivity contribution in [1.29, 1.82) is 0 Å². The van der Waals surface area contributed by atoms with E-state index in [1.807, 2.05) is 31.2 Å². The van der Waals surface area contributed by atoms with Crippen molar-refractivity contribution in [1.82, 2.24) is 5.32 Å². The van der Waals surface area contributed by atoms with Gasteiger partial charge in [0, 0.05) is 18.5 Å². The van der Waals surface area contributed by atoms with E-state index in [2.05, 4.69) is 5.32 Å². The van der Waals surface area contributed by atoms with Gasteiger partial charge >= 0.3 is 5.97 Å². The molecule has 1 atom stereocenters. The van der Waals surface area contributed by atoms with Gasteiger partial charge < -0.3 is 19.6 Å². The van der Waals surface area contributed by atoms with E-state index in [1.54, 1.807) is 14.0 Å². The number of aromatic carboxylic acids is 1. The lowest BCUT2D eigenvalue weighted by Gasteiger charge is -2.13. The Labute approximate surface area is 140 Å². The number of benzene rings is 1. The second-order valence-electron chi connectivity index (χ2n) is 5.54. The molecule has 6 nitrogen and oxygen atoms in total. The summed E-state index contributed by atoms with van der Waals surface area (Å²) in [6, 6.07) is 8.74. The van der Waals surface area contributed by atoms with E-state index < -0.39 is 11.9 Å². The topological polar surface area (TPSA) is 88.8 Å². The third-order valence-electron chi connectivity index (χ3n) is 3.64. The van der Waals surface area contributed by atoms with Crippen molar-refractivity contribution in [3.8, 4) is 5.75 Å². The predicted octanol–water partition coefficient (Wildman–Crippen LogP) is 2.91. The average molecular weight is 331 g/mol. The number of hydrogen-bond donors (Lipinski definition) is 2. The van der Waals surface area contributed by atoms with Gasteiger partial charge in [0.15, 0.2) is 5.76 Å². The third-order valence-corrected chi connectivity index (χ3v) is 3.64. The number of rotatable bonds is 7. The molecule has 2 N–H and O–H groups in total. The highest BCUT2D eigenvalue weighted by atomic mass is 16.5. The van der Waals surface area contributed by atoms with Crippen LogP contribution in [0.1, 0.15) is 46.1 Å². The van der Waals surface area contributed by atoms with Crippen molar-refractivity contribution in [2.45, 2.75) is 32.7 Å². The van der Waals surface area contributed by atoms with Gasteiger partial charge in [-0.25, -0.2) is 4.79 Å². The molecule has 0 fully saturated rings. The molecule has 2 rings (SSSR count). The van der Waals surface area contributed by atoms with Gasteiger partial charge in [-0.3, -0.25) is 4.79 Å². The van der Waals surface area contributed by atoms with Crippen LogP contribution in [0.25, 0.3) is 0 Å². The fourth-order valence-corrected chi connectivity index (χ4v) is 2.48. The molecule has 128 valence electrons. The quantitative estimate of drug-likeness (QED) is 0.814. The molecule has 1 amide bonds. The van der Waals surface area contributed by atoms with E-state index in [-0.39, 0.29) is 17.4 Å². The molecule has 0 bridgehead atoms. The predicted molar refractivity (Wildman–Crippen MR) is 88.7 cm³/mol. The summed E-state index contributed by atoms with van der Waals surface area (Å²) in [6.45, 7) is 3.65. The van der Waals surface area contributed by atoms with Crippen LogP contribution >= 0.6 is 0 Å². The lowest BCUT2D eigenvalue weighted by molar-refractivity contribution is 0.0694. The minimum atomic E-state index is -1.10. The summed E-state index contributed by atoms with van der Waals surface area (Å²) in [6.07, 6.45) is 1.03. The second-order valence-corrected chi connectivity index (χ2v) is 5.54. The number of nitrogens with one attached hydrogen (secondary N) is 1. The molecule has 6 heteroatoms. The van der Waals surface area contributed by atoms with Crippen molar-refractivity contribution < 1.29 is 23.8 Å². The van der Waals surface area contributed by atoms with Crippen molar-refractivity contribution in [2.75, 3.05) is 7.11 Å². The van der Waals surface area contributed by atoms with Crippen molar-refractivity contribution in [3.63, 3.8) is 0 Å². The second kappa shape index (κ2) is 7.68. The molecule has 0 saturated heterocycles. The highest BCUT2D eigenvalue weighted by Gasteiger charge is 2.21. The summed E-state index contributed by atoms with van der Waals surface area (Å²) >= 11 is 0. The molecule has 0 spiro atoms. The van der Waals surface area contributed by atoms with Crippen LogP contribution in [0.4, 0.5) is 0 Å². The van der Waals surface area contributed by atoms with Gasteiger partial charge in [-0.15, -0.1) is 0 Å². The molecule has 0 aliphatic rings. The number of carbonyl (C=O) groups excluding carboxylic acids is 1. The third kappa shape index (κ3) is 4.16. The number of aryl methyl sites for hydroxylation is 1. The fraction of sp³-hybridized carbons (Fsp3) is 0.333. The van der Waals surface area contributed by atoms with E-state index in [0.717, 1.165) is 11.3 Å². The molecule has 0 aliphatic heterocycles. The molecule has 0 radical (unpaired) electrons. The summed E-state index contributed by atoms with van der Waals surface area (Å²) in [7, 11) is 1.60. The summed E-state index contributed by atoms with van der Waals surface area (Å²) in [4.78, 5) is 23.4. The molecular weight excluding hydrogens is 310 g/mol. The van der Waals surface area contributed by atoms with Crippen LogP contribution in [0.5, 0.6) is 5.75 Å². The maximum absolute atomic E-state index is 12.3. The Hall–Kier alpha value is -2.76. The monoisotopic (exact) mass is 331 g/mol. The highest BCUT2D eigenvalue weighted by Crippen LogP contribution is 2.17. The number of amides is 1. The van der Waals surface area contributed by atoms with Crippen LogP contribution in [0.3, 0.4) is 0 Å². The Kier molecular flexibility index (Phi) is 5.63. The Morgan fingerprint density at radius 1 is 1.33 bits per heavy atom. The average Bonchev–Trinajstić information content (AvgIpc) is 2.99. The zero-order chi connectivity index (χ0) is 17.7. The number of carboxylic acids is 1. The van der Waals surface area contributed by atoms with Gasteiger partial charge in [-0.2, -0.15) is 0 Å². The molecule has 2 aromatic rings. The molecule has 1 unspecified atom stereocenters. The van der Waals surface area contributed by atoms with E-state index >= 15 is 0 Å². The van der Waals surface area contributed by atoms with E-state index in [0.29, 0.717) is 18.6 Å². The summed E-state index contributed by atoms with van der Waals surface area (Å²) < 4.78 is 10.5. The van der Waals surface area contributed by atoms with Crippen LogP contribution in [-0.2, 0) is 12.8 Å². The molecule has 1 aromatic heterocycles. The first-order chi connectivity index (χ1) is 11.4. The van der Waals surface area contributed by atoms with Gasteiger partial charge in [-0.1, -0.05) is 19.1 Å². The molecule has 0 saturated carbocycles. The lowest BCUT2D eigenvalue weighted by Crippen LogP contribution is -2.33. The van der Waals surface area contributed by atoms with Crippen LogP contribution < -0.4 is 10.1 Å². The lowest BCUT2D eigenvalue weighted by atomic mass is 10.1. The zero-order valence-corrected chi connectivity index (χ0v) is 14.0. The Morgan fingerprint density at radius 3 is 2.67 bits per heavy atom. The Balaban J connectivity index is 2.04. The van der Waals surface area contributed by atoms with Crippen LogP contribution in [-0.4, -0.2) is 30.1 Å². The summed E-state index contributed by atoms with van der Waals surface area (Å²) in [5.74, 6) is -0.447. The maximum Gasteiger partial charge on any atom is 0.339 e. The first-order valence-electron chi connectivity index (χ1n) is 7.74. The van der Waals surface area contributed by atoms with Crippen LogP contribution in [0, 0.1) is 0 Å². The first-order valence-corrected chi connectivity index (χ1v) is 7.74. The van der Waals surface area contributed by atoms with Gasteiger partial charge in [0.2, 0.25) is 0 Å². The van der Waals surface area contributed by atoms with Gasteiger partial charge in [-0.05, 0) is 31.0 Å². The number of hydrogen-bond acceptors (Lipinski definition) is 4. The summed E-state index contributed by atoms with van der Waals surface area (Å²) in [5, 5.41) is 11.9. The number of furan rings is 1. The standard InChI is InChI=1S/C18H21NO5/c1-4-15-14(18(21)22)10-16(24-15)17(20)19-11(2)8-12-6-5-7-13(9-12)23-3/h5-7,9-11H,4,8H2,1-3H3,(H,19,20)(H,21,22). The molecule has 1 aromatic carbocycles. The molecule has 0 aliphatic carbocycles. The smallest absolute Gasteiger partial charge is 0.339 e. The first kappa shape index (κ1) is 17.6. The number of ether oxygens (including phenoxy) is 1. The number of methoxy groups -OCH3 is 1. The van der Waals surface area contributed by atoms with E-state index in [9.17, 15) is 9.59 Å². The fourth-order valence-electron chi connectivity index (χ4n) is 2.48. The largest absolute Gasteiger partial charge is 0.497 e. The van der Waals surface area contributed by atoms with Crippen molar-refractivity contribution in [2.24, 2.45) is 0 Å². The minimum Gasteiger partial charge on any atom is -0.497 e.